The van der Waals surface area contributed by atoms with E-state index >= 15 is 0 Å². The van der Waals surface area contributed by atoms with Crippen LogP contribution in [0.1, 0.15) is 13.8 Å². The van der Waals surface area contributed by atoms with Gasteiger partial charge in [-0.3, -0.25) is 4.79 Å². The molecule has 12 heavy (non-hydrogen) atoms. The maximum Gasteiger partial charge on any atom is 0.421 e. The molecule has 0 heterocycles. The van der Waals surface area contributed by atoms with Crippen molar-refractivity contribution in [1.29, 1.82) is 0 Å². The number of carbonyl (C=O) groups is 3. The molecule has 0 saturated heterocycles. The molecule has 0 spiro atoms. The standard InChI is InChI=1S/C6H9NO5/c1-3(7)5(9)11-12-6(10)4(2)8/h3H,7H2,1-2H3. The lowest BCUT2D eigenvalue weighted by molar-refractivity contribution is -0.257. The summed E-state index contributed by atoms with van der Waals surface area (Å²) in [5, 5.41) is 0. The molecule has 0 bridgehead atoms. The molecular weight excluding hydrogens is 166 g/mol. The summed E-state index contributed by atoms with van der Waals surface area (Å²) in [6.45, 7) is 2.34. The first-order valence-corrected chi connectivity index (χ1v) is 3.14. The minimum atomic E-state index is -1.23. The van der Waals surface area contributed by atoms with Crippen LogP contribution in [0.2, 0.25) is 0 Å². The highest BCUT2D eigenvalue weighted by Gasteiger charge is 2.16. The Labute approximate surface area is 68.5 Å². The number of hydrogen-bond donors (Lipinski definition) is 1. The molecule has 0 fully saturated rings. The van der Waals surface area contributed by atoms with Gasteiger partial charge < -0.3 is 5.73 Å². The van der Waals surface area contributed by atoms with Crippen molar-refractivity contribution in [3.05, 3.63) is 0 Å². The molecule has 0 rings (SSSR count). The van der Waals surface area contributed by atoms with E-state index in [-0.39, 0.29) is 0 Å². The monoisotopic (exact) mass is 175 g/mol. The Balaban J connectivity index is 3.77. The van der Waals surface area contributed by atoms with E-state index in [1.165, 1.54) is 6.92 Å². The van der Waals surface area contributed by atoms with Crippen LogP contribution in [0.4, 0.5) is 0 Å². The zero-order chi connectivity index (χ0) is 9.72. The van der Waals surface area contributed by atoms with Crippen molar-refractivity contribution in [2.24, 2.45) is 5.73 Å². The highest BCUT2D eigenvalue weighted by Crippen LogP contribution is 1.87. The van der Waals surface area contributed by atoms with Crippen molar-refractivity contribution >= 4 is 17.7 Å². The van der Waals surface area contributed by atoms with Crippen molar-refractivity contribution in [3.63, 3.8) is 0 Å². The zero-order valence-corrected chi connectivity index (χ0v) is 6.70. The van der Waals surface area contributed by atoms with Gasteiger partial charge in [0.25, 0.3) is 0 Å². The van der Waals surface area contributed by atoms with Gasteiger partial charge in [-0.25, -0.2) is 19.4 Å². The second-order valence-electron chi connectivity index (χ2n) is 2.12. The van der Waals surface area contributed by atoms with E-state index in [4.69, 9.17) is 5.73 Å². The fourth-order valence-corrected chi connectivity index (χ4v) is 0.213. The topological polar surface area (TPSA) is 95.7 Å². The number of carbonyl (C=O) groups excluding carboxylic acids is 3. The van der Waals surface area contributed by atoms with Crippen LogP contribution < -0.4 is 5.73 Å². The van der Waals surface area contributed by atoms with E-state index in [1.54, 1.807) is 0 Å². The third-order valence-corrected chi connectivity index (χ3v) is 0.859. The summed E-state index contributed by atoms with van der Waals surface area (Å²) in [6.07, 6.45) is 0. The third kappa shape index (κ3) is 3.67. The molecule has 1 atom stereocenters. The second kappa shape index (κ2) is 4.45. The van der Waals surface area contributed by atoms with E-state index in [1.807, 2.05) is 0 Å². The Morgan fingerprint density at radius 2 is 1.75 bits per heavy atom. The normalized spacial score (nSPS) is 11.6. The van der Waals surface area contributed by atoms with Gasteiger partial charge in [-0.05, 0) is 6.92 Å². The molecule has 0 aromatic carbocycles. The lowest BCUT2D eigenvalue weighted by Gasteiger charge is -2.02. The SMILES string of the molecule is CC(=O)C(=O)OOC(=O)C(C)N. The zero-order valence-electron chi connectivity index (χ0n) is 6.70. The molecule has 0 aliphatic carbocycles. The molecule has 1 unspecified atom stereocenters. The molecule has 0 amide bonds. The Bertz CT molecular complexity index is 210. The van der Waals surface area contributed by atoms with Crippen molar-refractivity contribution < 1.29 is 24.2 Å². The van der Waals surface area contributed by atoms with Gasteiger partial charge in [-0.15, -0.1) is 0 Å². The molecule has 0 aliphatic heterocycles. The second-order valence-corrected chi connectivity index (χ2v) is 2.12. The Hall–Kier alpha value is -1.43. The van der Waals surface area contributed by atoms with Gasteiger partial charge in [0.2, 0.25) is 5.78 Å². The van der Waals surface area contributed by atoms with Gasteiger partial charge in [-0.2, -0.15) is 0 Å². The van der Waals surface area contributed by atoms with Crippen LogP contribution in [0.3, 0.4) is 0 Å². The van der Waals surface area contributed by atoms with Crippen LogP contribution in [0.15, 0.2) is 0 Å². The van der Waals surface area contributed by atoms with E-state index < -0.39 is 23.8 Å². The first-order chi connectivity index (χ1) is 5.45. The maximum absolute atomic E-state index is 10.5. The van der Waals surface area contributed by atoms with Gasteiger partial charge in [0, 0.05) is 6.92 Å². The molecule has 0 aliphatic rings. The molecule has 2 N–H and O–H groups in total. The van der Waals surface area contributed by atoms with Gasteiger partial charge in [-0.1, -0.05) is 0 Å². The Kier molecular flexibility index (Phi) is 3.92. The first kappa shape index (κ1) is 10.6. The van der Waals surface area contributed by atoms with Crippen molar-refractivity contribution in [1.82, 2.24) is 0 Å². The van der Waals surface area contributed by atoms with Crippen LogP contribution in [-0.4, -0.2) is 23.8 Å². The quantitative estimate of drug-likeness (QED) is 0.326. The van der Waals surface area contributed by atoms with Gasteiger partial charge in [0.15, 0.2) is 0 Å². The molecule has 68 valence electrons. The van der Waals surface area contributed by atoms with Gasteiger partial charge in [0.1, 0.15) is 6.04 Å². The minimum Gasteiger partial charge on any atom is -0.319 e. The lowest BCUT2D eigenvalue weighted by Crippen LogP contribution is -2.30. The smallest absolute Gasteiger partial charge is 0.319 e. The Morgan fingerprint density at radius 1 is 1.25 bits per heavy atom. The number of ketones is 1. The summed E-state index contributed by atoms with van der Waals surface area (Å²) in [7, 11) is 0. The number of nitrogens with two attached hydrogens (primary N) is 1. The summed E-state index contributed by atoms with van der Waals surface area (Å²) in [5.74, 6) is -3.00. The number of hydrogen-bond acceptors (Lipinski definition) is 6. The largest absolute Gasteiger partial charge is 0.421 e. The fourth-order valence-electron chi connectivity index (χ4n) is 0.213. The van der Waals surface area contributed by atoms with Gasteiger partial charge >= 0.3 is 11.9 Å². The van der Waals surface area contributed by atoms with Crippen molar-refractivity contribution in [3.8, 4) is 0 Å². The van der Waals surface area contributed by atoms with Crippen molar-refractivity contribution in [2.45, 2.75) is 19.9 Å². The average Bonchev–Trinajstić information content (AvgIpc) is 1.98. The van der Waals surface area contributed by atoms with E-state index in [9.17, 15) is 14.4 Å². The van der Waals surface area contributed by atoms with Crippen molar-refractivity contribution in [2.75, 3.05) is 0 Å². The predicted octanol–water partition coefficient (Wildman–Crippen LogP) is -1.08. The highest BCUT2D eigenvalue weighted by molar-refractivity contribution is 6.32. The van der Waals surface area contributed by atoms with E-state index in [0.29, 0.717) is 0 Å². The number of rotatable bonds is 2. The van der Waals surface area contributed by atoms with Crippen LogP contribution in [-0.2, 0) is 24.2 Å². The molecule has 6 heteroatoms. The van der Waals surface area contributed by atoms with Crippen LogP contribution in [0.25, 0.3) is 0 Å². The lowest BCUT2D eigenvalue weighted by atomic mass is 10.4. The predicted molar refractivity (Wildman–Crippen MR) is 36.5 cm³/mol. The highest BCUT2D eigenvalue weighted by atomic mass is 17.2. The minimum absolute atomic E-state index is 0.854. The average molecular weight is 175 g/mol. The summed E-state index contributed by atoms with van der Waals surface area (Å²) in [4.78, 5) is 38.8. The molecule has 0 aromatic heterocycles. The first-order valence-electron chi connectivity index (χ1n) is 3.14. The fraction of sp³-hybridized carbons (Fsp3) is 0.500. The van der Waals surface area contributed by atoms with E-state index in [2.05, 4.69) is 9.78 Å². The molecular formula is C6H9NO5. The summed E-state index contributed by atoms with van der Waals surface area (Å²) in [5.41, 5.74) is 5.05. The molecule has 6 nitrogen and oxygen atoms in total. The van der Waals surface area contributed by atoms with Crippen LogP contribution in [0.5, 0.6) is 0 Å². The van der Waals surface area contributed by atoms with E-state index in [0.717, 1.165) is 6.92 Å². The number of Topliss-reactive ketones (excluding diaryl/α,β-unsaturated/α-hetero) is 1. The summed E-state index contributed by atoms with van der Waals surface area (Å²) >= 11 is 0. The molecule has 0 aromatic rings. The molecule has 0 saturated carbocycles. The van der Waals surface area contributed by atoms with Gasteiger partial charge in [0.05, 0.1) is 0 Å². The Morgan fingerprint density at radius 3 is 2.08 bits per heavy atom. The maximum atomic E-state index is 10.5. The summed E-state index contributed by atoms with van der Waals surface area (Å²) < 4.78 is 0. The third-order valence-electron chi connectivity index (χ3n) is 0.859. The van der Waals surface area contributed by atoms with Crippen LogP contribution in [0, 0.1) is 0 Å². The molecule has 0 radical (unpaired) electrons. The summed E-state index contributed by atoms with van der Waals surface area (Å²) in [6, 6.07) is -0.898. The van der Waals surface area contributed by atoms with Crippen LogP contribution >= 0.6 is 0 Å².